The van der Waals surface area contributed by atoms with Crippen LogP contribution in [0.3, 0.4) is 0 Å². The Balaban J connectivity index is 2.06. The topological polar surface area (TPSA) is 64.4 Å². The van der Waals surface area contributed by atoms with Gasteiger partial charge in [-0.05, 0) is 31.9 Å². The van der Waals surface area contributed by atoms with E-state index in [-0.39, 0.29) is 12.5 Å². The van der Waals surface area contributed by atoms with Gasteiger partial charge in [0.05, 0.1) is 5.56 Å². The van der Waals surface area contributed by atoms with Crippen LogP contribution in [-0.2, 0) is 6.61 Å². The van der Waals surface area contributed by atoms with Crippen LogP contribution in [0.25, 0.3) is 0 Å². The van der Waals surface area contributed by atoms with Gasteiger partial charge in [0.2, 0.25) is 0 Å². The molecule has 0 aliphatic rings. The molecule has 0 radical (unpaired) electrons. The van der Waals surface area contributed by atoms with Crippen molar-refractivity contribution in [3.05, 3.63) is 46.8 Å². The summed E-state index contributed by atoms with van der Waals surface area (Å²) in [5.41, 5.74) is 2.05. The largest absolute Gasteiger partial charge is 0.488 e. The van der Waals surface area contributed by atoms with Crippen molar-refractivity contribution < 1.29 is 14.1 Å². The number of hydrogen-bond donors (Lipinski definition) is 1. The molecule has 0 aliphatic carbocycles. The molecule has 5 nitrogen and oxygen atoms in total. The number of carbonyl (C=O) groups excluding carboxylic acids is 1. The van der Waals surface area contributed by atoms with Crippen LogP contribution < -0.4 is 10.1 Å². The Labute approximate surface area is 130 Å². The Morgan fingerprint density at radius 3 is 2.82 bits per heavy atom. The van der Waals surface area contributed by atoms with E-state index in [1.807, 2.05) is 31.2 Å². The molecule has 1 aromatic carbocycles. The van der Waals surface area contributed by atoms with Gasteiger partial charge in [-0.1, -0.05) is 36.7 Å². The molecule has 22 heavy (non-hydrogen) atoms. The fourth-order valence-corrected chi connectivity index (χ4v) is 2.07. The number of amides is 1. The predicted octanol–water partition coefficient (Wildman–Crippen LogP) is 3.40. The van der Waals surface area contributed by atoms with Gasteiger partial charge in [0.15, 0.2) is 5.69 Å². The standard InChI is InChI=1S/C17H22N2O3/c1-4-5-10-18-17(20)16-14(13(3)22-19-16)11-21-15-9-7-6-8-12(15)2/h6-9H,4-5,10-11H2,1-3H3,(H,18,20). The zero-order valence-electron chi connectivity index (χ0n) is 13.3. The van der Waals surface area contributed by atoms with Crippen LogP contribution in [0, 0.1) is 13.8 Å². The average Bonchev–Trinajstić information content (AvgIpc) is 2.88. The lowest BCUT2D eigenvalue weighted by atomic mass is 10.2. The maximum atomic E-state index is 12.1. The number of aromatic nitrogens is 1. The fraction of sp³-hybridized carbons (Fsp3) is 0.412. The number of benzene rings is 1. The molecule has 1 heterocycles. The van der Waals surface area contributed by atoms with E-state index in [9.17, 15) is 4.79 Å². The second kappa shape index (κ2) is 7.64. The Morgan fingerprint density at radius 1 is 1.32 bits per heavy atom. The second-order valence-corrected chi connectivity index (χ2v) is 5.23. The number of ether oxygens (including phenoxy) is 1. The molecule has 0 aliphatic heterocycles. The molecule has 0 atom stereocenters. The van der Waals surface area contributed by atoms with Gasteiger partial charge < -0.3 is 14.6 Å². The van der Waals surface area contributed by atoms with Crippen molar-refractivity contribution >= 4 is 5.91 Å². The van der Waals surface area contributed by atoms with Gasteiger partial charge in [-0.3, -0.25) is 4.79 Å². The summed E-state index contributed by atoms with van der Waals surface area (Å²) >= 11 is 0. The maximum absolute atomic E-state index is 12.1. The Kier molecular flexibility index (Phi) is 5.58. The summed E-state index contributed by atoms with van der Waals surface area (Å²) < 4.78 is 10.9. The van der Waals surface area contributed by atoms with Crippen LogP contribution in [0.15, 0.2) is 28.8 Å². The molecule has 0 saturated heterocycles. The van der Waals surface area contributed by atoms with Crippen molar-refractivity contribution in [2.45, 2.75) is 40.2 Å². The molecule has 5 heteroatoms. The van der Waals surface area contributed by atoms with Gasteiger partial charge in [0.25, 0.3) is 5.91 Å². The van der Waals surface area contributed by atoms with E-state index < -0.39 is 0 Å². The molecule has 1 amide bonds. The van der Waals surface area contributed by atoms with Crippen molar-refractivity contribution in [3.8, 4) is 5.75 Å². The van der Waals surface area contributed by atoms with Crippen LogP contribution in [-0.4, -0.2) is 17.6 Å². The molecule has 2 rings (SSSR count). The van der Waals surface area contributed by atoms with E-state index in [0.29, 0.717) is 23.6 Å². The highest BCUT2D eigenvalue weighted by atomic mass is 16.5. The lowest BCUT2D eigenvalue weighted by Crippen LogP contribution is -2.26. The number of nitrogens with one attached hydrogen (secondary N) is 1. The predicted molar refractivity (Wildman–Crippen MR) is 84.0 cm³/mol. The third kappa shape index (κ3) is 3.87. The third-order valence-electron chi connectivity index (χ3n) is 3.48. The summed E-state index contributed by atoms with van der Waals surface area (Å²) in [6.45, 7) is 6.74. The first-order chi connectivity index (χ1) is 10.6. The van der Waals surface area contributed by atoms with Gasteiger partial charge in [-0.2, -0.15) is 0 Å². The maximum Gasteiger partial charge on any atom is 0.273 e. The molecule has 2 aromatic rings. The van der Waals surface area contributed by atoms with E-state index in [0.717, 1.165) is 24.2 Å². The summed E-state index contributed by atoms with van der Waals surface area (Å²) in [5, 5.41) is 6.71. The van der Waals surface area contributed by atoms with Crippen molar-refractivity contribution in [1.82, 2.24) is 10.5 Å². The number of unbranched alkanes of at least 4 members (excludes halogenated alkanes) is 1. The zero-order valence-corrected chi connectivity index (χ0v) is 13.3. The molecule has 0 bridgehead atoms. The Morgan fingerprint density at radius 2 is 2.09 bits per heavy atom. The van der Waals surface area contributed by atoms with Crippen LogP contribution >= 0.6 is 0 Å². The molecule has 1 N–H and O–H groups in total. The molecule has 118 valence electrons. The van der Waals surface area contributed by atoms with Gasteiger partial charge in [-0.25, -0.2) is 0 Å². The van der Waals surface area contributed by atoms with Crippen LogP contribution in [0.1, 0.15) is 47.1 Å². The highest BCUT2D eigenvalue weighted by Crippen LogP contribution is 2.20. The van der Waals surface area contributed by atoms with E-state index in [4.69, 9.17) is 9.26 Å². The minimum Gasteiger partial charge on any atom is -0.488 e. The highest BCUT2D eigenvalue weighted by molar-refractivity contribution is 5.93. The summed E-state index contributed by atoms with van der Waals surface area (Å²) in [4.78, 5) is 12.1. The first-order valence-electron chi connectivity index (χ1n) is 7.55. The average molecular weight is 302 g/mol. The first kappa shape index (κ1) is 16.1. The lowest BCUT2D eigenvalue weighted by molar-refractivity contribution is 0.0942. The molecular weight excluding hydrogens is 280 g/mol. The van der Waals surface area contributed by atoms with Gasteiger partial charge in [0.1, 0.15) is 18.1 Å². The molecule has 0 saturated carbocycles. The summed E-state index contributed by atoms with van der Waals surface area (Å²) in [5.74, 6) is 1.18. The number of para-hydroxylation sites is 1. The second-order valence-electron chi connectivity index (χ2n) is 5.23. The number of aryl methyl sites for hydroxylation is 2. The minimum absolute atomic E-state index is 0.214. The molecule has 0 unspecified atom stereocenters. The minimum atomic E-state index is -0.214. The molecule has 0 fully saturated rings. The monoisotopic (exact) mass is 302 g/mol. The van der Waals surface area contributed by atoms with Gasteiger partial charge in [-0.15, -0.1) is 0 Å². The van der Waals surface area contributed by atoms with Crippen molar-refractivity contribution in [3.63, 3.8) is 0 Å². The molecule has 1 aromatic heterocycles. The number of rotatable bonds is 7. The van der Waals surface area contributed by atoms with E-state index in [2.05, 4.69) is 17.4 Å². The smallest absolute Gasteiger partial charge is 0.273 e. The SMILES string of the molecule is CCCCNC(=O)c1noc(C)c1COc1ccccc1C. The van der Waals surface area contributed by atoms with Crippen molar-refractivity contribution in [2.24, 2.45) is 0 Å². The molecule has 0 spiro atoms. The lowest BCUT2D eigenvalue weighted by Gasteiger charge is -2.09. The van der Waals surface area contributed by atoms with Crippen molar-refractivity contribution in [1.29, 1.82) is 0 Å². The quantitative estimate of drug-likeness (QED) is 0.796. The summed E-state index contributed by atoms with van der Waals surface area (Å²) in [6.07, 6.45) is 1.97. The molecular formula is C17H22N2O3. The number of nitrogens with zero attached hydrogens (tertiary/aromatic N) is 1. The Hall–Kier alpha value is -2.30. The zero-order chi connectivity index (χ0) is 15.9. The normalized spacial score (nSPS) is 10.5. The fourth-order valence-electron chi connectivity index (χ4n) is 2.07. The van der Waals surface area contributed by atoms with E-state index >= 15 is 0 Å². The van der Waals surface area contributed by atoms with Crippen LogP contribution in [0.5, 0.6) is 5.75 Å². The van der Waals surface area contributed by atoms with E-state index in [1.165, 1.54) is 0 Å². The number of carbonyl (C=O) groups is 1. The first-order valence-corrected chi connectivity index (χ1v) is 7.55. The van der Waals surface area contributed by atoms with Crippen LogP contribution in [0.4, 0.5) is 0 Å². The summed E-state index contributed by atoms with van der Waals surface area (Å²) in [7, 11) is 0. The number of hydrogen-bond acceptors (Lipinski definition) is 4. The summed E-state index contributed by atoms with van der Waals surface area (Å²) in [6, 6.07) is 7.76. The van der Waals surface area contributed by atoms with Gasteiger partial charge >= 0.3 is 0 Å². The Bertz CT molecular complexity index is 635. The highest BCUT2D eigenvalue weighted by Gasteiger charge is 2.20. The van der Waals surface area contributed by atoms with Crippen LogP contribution in [0.2, 0.25) is 0 Å². The third-order valence-corrected chi connectivity index (χ3v) is 3.48. The van der Waals surface area contributed by atoms with E-state index in [1.54, 1.807) is 6.92 Å². The van der Waals surface area contributed by atoms with Crippen molar-refractivity contribution in [2.75, 3.05) is 6.54 Å². The van der Waals surface area contributed by atoms with Gasteiger partial charge in [0, 0.05) is 6.54 Å².